The molecule has 1 amide bonds. The highest BCUT2D eigenvalue weighted by Crippen LogP contribution is 2.20. The summed E-state index contributed by atoms with van der Waals surface area (Å²) in [7, 11) is 1.89. The number of ether oxygens (including phenoxy) is 1. The molecule has 3 aromatic rings. The van der Waals surface area contributed by atoms with Gasteiger partial charge in [0, 0.05) is 19.4 Å². The standard InChI is InChI=1S/C20H18N4O2/c1-24-12-11-22-20(24)19(16-5-3-2-4-6-16)23-18(25)14-26-17-9-7-15(13-21)8-10-17/h2-12,19H,14H2,1H3,(H,23,25). The summed E-state index contributed by atoms with van der Waals surface area (Å²) in [4.78, 5) is 16.8. The fourth-order valence-electron chi connectivity index (χ4n) is 2.57. The Balaban J connectivity index is 1.69. The molecule has 1 aromatic heterocycles. The van der Waals surface area contributed by atoms with E-state index < -0.39 is 0 Å². The molecule has 0 aliphatic rings. The molecule has 0 radical (unpaired) electrons. The first kappa shape index (κ1) is 17.2. The lowest BCUT2D eigenvalue weighted by atomic mass is 10.1. The lowest BCUT2D eigenvalue weighted by Crippen LogP contribution is -2.34. The van der Waals surface area contributed by atoms with Gasteiger partial charge in [0.15, 0.2) is 6.61 Å². The third-order valence-corrected chi connectivity index (χ3v) is 3.91. The highest BCUT2D eigenvalue weighted by atomic mass is 16.5. The first-order valence-corrected chi connectivity index (χ1v) is 8.12. The van der Waals surface area contributed by atoms with E-state index in [0.29, 0.717) is 11.3 Å². The van der Waals surface area contributed by atoms with Crippen LogP contribution in [0.5, 0.6) is 5.75 Å². The van der Waals surface area contributed by atoms with Gasteiger partial charge in [-0.3, -0.25) is 4.79 Å². The number of nitrogens with one attached hydrogen (secondary N) is 1. The van der Waals surface area contributed by atoms with E-state index in [9.17, 15) is 4.79 Å². The van der Waals surface area contributed by atoms with Crippen molar-refractivity contribution < 1.29 is 9.53 Å². The number of hydrogen-bond acceptors (Lipinski definition) is 4. The van der Waals surface area contributed by atoms with E-state index in [0.717, 1.165) is 11.4 Å². The molecular weight excluding hydrogens is 328 g/mol. The van der Waals surface area contributed by atoms with E-state index in [1.54, 1.807) is 30.5 Å². The van der Waals surface area contributed by atoms with Crippen LogP contribution in [-0.2, 0) is 11.8 Å². The number of benzene rings is 2. The largest absolute Gasteiger partial charge is 0.484 e. The Labute approximate surface area is 151 Å². The summed E-state index contributed by atoms with van der Waals surface area (Å²) in [5, 5.41) is 11.8. The van der Waals surface area contributed by atoms with Crippen molar-refractivity contribution in [3.63, 3.8) is 0 Å². The van der Waals surface area contributed by atoms with Gasteiger partial charge in [-0.1, -0.05) is 30.3 Å². The molecule has 6 nitrogen and oxygen atoms in total. The maximum absolute atomic E-state index is 12.4. The number of nitriles is 1. The first-order valence-electron chi connectivity index (χ1n) is 8.12. The van der Waals surface area contributed by atoms with E-state index >= 15 is 0 Å². The highest BCUT2D eigenvalue weighted by molar-refractivity contribution is 5.78. The van der Waals surface area contributed by atoms with E-state index in [4.69, 9.17) is 10.00 Å². The lowest BCUT2D eigenvalue weighted by molar-refractivity contribution is -0.123. The Kier molecular flexibility index (Phi) is 5.30. The zero-order valence-corrected chi connectivity index (χ0v) is 14.3. The van der Waals surface area contributed by atoms with Gasteiger partial charge in [-0.25, -0.2) is 4.98 Å². The lowest BCUT2D eigenvalue weighted by Gasteiger charge is -2.19. The Bertz CT molecular complexity index is 911. The van der Waals surface area contributed by atoms with Crippen molar-refractivity contribution in [1.82, 2.24) is 14.9 Å². The van der Waals surface area contributed by atoms with Crippen LogP contribution in [-0.4, -0.2) is 22.1 Å². The van der Waals surface area contributed by atoms with Gasteiger partial charge < -0.3 is 14.6 Å². The smallest absolute Gasteiger partial charge is 0.258 e. The zero-order valence-electron chi connectivity index (χ0n) is 14.3. The van der Waals surface area contributed by atoms with Gasteiger partial charge in [0.1, 0.15) is 17.6 Å². The molecule has 1 heterocycles. The number of nitrogens with zero attached hydrogens (tertiary/aromatic N) is 3. The monoisotopic (exact) mass is 346 g/mol. The second kappa shape index (κ2) is 7.99. The summed E-state index contributed by atoms with van der Waals surface area (Å²) in [6, 6.07) is 18.0. The molecule has 0 spiro atoms. The fraction of sp³-hybridized carbons (Fsp3) is 0.150. The van der Waals surface area contributed by atoms with Crippen LogP contribution in [0.1, 0.15) is 23.0 Å². The topological polar surface area (TPSA) is 79.9 Å². The van der Waals surface area contributed by atoms with Crippen molar-refractivity contribution in [1.29, 1.82) is 5.26 Å². The molecule has 3 rings (SSSR count). The molecule has 2 aromatic carbocycles. The summed E-state index contributed by atoms with van der Waals surface area (Å²) in [6.45, 7) is -0.125. The Morgan fingerprint density at radius 2 is 1.96 bits per heavy atom. The average Bonchev–Trinajstić information content (AvgIpc) is 3.11. The summed E-state index contributed by atoms with van der Waals surface area (Å²) >= 11 is 0. The molecule has 6 heteroatoms. The minimum Gasteiger partial charge on any atom is -0.484 e. The van der Waals surface area contributed by atoms with Gasteiger partial charge in [-0.15, -0.1) is 0 Å². The molecule has 1 unspecified atom stereocenters. The summed E-state index contributed by atoms with van der Waals surface area (Å²) in [5.41, 5.74) is 1.48. The number of aryl methyl sites for hydroxylation is 1. The second-order valence-corrected chi connectivity index (χ2v) is 5.73. The van der Waals surface area contributed by atoms with Crippen LogP contribution >= 0.6 is 0 Å². The minimum absolute atomic E-state index is 0.125. The normalized spacial score (nSPS) is 11.4. The van der Waals surface area contributed by atoms with Gasteiger partial charge in [0.2, 0.25) is 0 Å². The van der Waals surface area contributed by atoms with Crippen LogP contribution in [0.15, 0.2) is 67.0 Å². The van der Waals surface area contributed by atoms with Gasteiger partial charge in [-0.05, 0) is 29.8 Å². The molecule has 0 aliphatic heterocycles. The van der Waals surface area contributed by atoms with Gasteiger partial charge in [-0.2, -0.15) is 5.26 Å². The maximum atomic E-state index is 12.4. The van der Waals surface area contributed by atoms with Crippen LogP contribution in [0.4, 0.5) is 0 Å². The number of hydrogen-bond donors (Lipinski definition) is 1. The number of amides is 1. The fourth-order valence-corrected chi connectivity index (χ4v) is 2.57. The number of carbonyl (C=O) groups excluding carboxylic acids is 1. The number of carbonyl (C=O) groups is 1. The second-order valence-electron chi connectivity index (χ2n) is 5.73. The van der Waals surface area contributed by atoms with Gasteiger partial charge in [0.05, 0.1) is 11.6 Å². The zero-order chi connectivity index (χ0) is 18.4. The molecular formula is C20H18N4O2. The maximum Gasteiger partial charge on any atom is 0.258 e. The van der Waals surface area contributed by atoms with Crippen molar-refractivity contribution in [2.45, 2.75) is 6.04 Å². The number of aromatic nitrogens is 2. The summed E-state index contributed by atoms with van der Waals surface area (Å²) < 4.78 is 7.38. The predicted molar refractivity (Wildman–Crippen MR) is 96.3 cm³/mol. The molecule has 0 aliphatic carbocycles. The molecule has 130 valence electrons. The molecule has 0 saturated heterocycles. The Morgan fingerprint density at radius 3 is 2.58 bits per heavy atom. The number of rotatable bonds is 6. The predicted octanol–water partition coefficient (Wildman–Crippen LogP) is 2.58. The molecule has 26 heavy (non-hydrogen) atoms. The van der Waals surface area contributed by atoms with Crippen LogP contribution in [0, 0.1) is 11.3 Å². The summed E-state index contributed by atoms with van der Waals surface area (Å²) in [6.07, 6.45) is 3.54. The van der Waals surface area contributed by atoms with Crippen molar-refractivity contribution in [2.24, 2.45) is 7.05 Å². The van der Waals surface area contributed by atoms with E-state index in [2.05, 4.69) is 10.3 Å². The number of imidazole rings is 1. The third kappa shape index (κ3) is 4.08. The molecule has 0 bridgehead atoms. The third-order valence-electron chi connectivity index (χ3n) is 3.91. The molecule has 1 N–H and O–H groups in total. The molecule has 0 saturated carbocycles. The first-order chi connectivity index (χ1) is 12.7. The average molecular weight is 346 g/mol. The summed E-state index contributed by atoms with van der Waals surface area (Å²) in [5.74, 6) is 1.02. The van der Waals surface area contributed by atoms with Crippen molar-refractivity contribution in [3.05, 3.63) is 83.9 Å². The van der Waals surface area contributed by atoms with Crippen molar-refractivity contribution in [2.75, 3.05) is 6.61 Å². The van der Waals surface area contributed by atoms with Gasteiger partial charge >= 0.3 is 0 Å². The highest BCUT2D eigenvalue weighted by Gasteiger charge is 2.20. The van der Waals surface area contributed by atoms with Crippen LogP contribution in [0.2, 0.25) is 0 Å². The van der Waals surface area contributed by atoms with E-state index in [-0.39, 0.29) is 18.6 Å². The van der Waals surface area contributed by atoms with Crippen molar-refractivity contribution in [3.8, 4) is 11.8 Å². The van der Waals surface area contributed by atoms with Gasteiger partial charge in [0.25, 0.3) is 5.91 Å². The van der Waals surface area contributed by atoms with E-state index in [1.165, 1.54) is 0 Å². The SMILES string of the molecule is Cn1ccnc1C(NC(=O)COc1ccc(C#N)cc1)c1ccccc1. The quantitative estimate of drug-likeness (QED) is 0.744. The Morgan fingerprint density at radius 1 is 1.23 bits per heavy atom. The van der Waals surface area contributed by atoms with Crippen LogP contribution in [0.25, 0.3) is 0 Å². The Hall–Kier alpha value is -3.59. The minimum atomic E-state index is -0.367. The molecule has 1 atom stereocenters. The van der Waals surface area contributed by atoms with Crippen LogP contribution < -0.4 is 10.1 Å². The molecule has 0 fully saturated rings. The van der Waals surface area contributed by atoms with Crippen LogP contribution in [0.3, 0.4) is 0 Å². The van der Waals surface area contributed by atoms with Crippen molar-refractivity contribution >= 4 is 5.91 Å². The van der Waals surface area contributed by atoms with E-state index in [1.807, 2.05) is 54.2 Å².